The van der Waals surface area contributed by atoms with E-state index in [1.54, 1.807) is 24.1 Å². The standard InChI is InChI=1S/C18H20N2O4/c1-14(15-7-6-8-16(13-15)20(22)23)19(2)18(21)11-12-24-17-9-4-3-5-10-17/h3-10,13-14H,11-12H2,1-2H3. The lowest BCUT2D eigenvalue weighted by Crippen LogP contribution is -2.30. The van der Waals surface area contributed by atoms with Crippen molar-refractivity contribution >= 4 is 11.6 Å². The number of para-hydroxylation sites is 1. The second-order valence-corrected chi connectivity index (χ2v) is 5.44. The third kappa shape index (κ3) is 4.55. The lowest BCUT2D eigenvalue weighted by molar-refractivity contribution is -0.384. The molecule has 24 heavy (non-hydrogen) atoms. The minimum absolute atomic E-state index is 0.0209. The summed E-state index contributed by atoms with van der Waals surface area (Å²) in [4.78, 5) is 24.3. The summed E-state index contributed by atoms with van der Waals surface area (Å²) in [5, 5.41) is 10.9. The number of rotatable bonds is 7. The molecule has 0 aromatic heterocycles. The van der Waals surface area contributed by atoms with Crippen LogP contribution in [0.15, 0.2) is 54.6 Å². The summed E-state index contributed by atoms with van der Waals surface area (Å²) < 4.78 is 5.53. The van der Waals surface area contributed by atoms with Gasteiger partial charge in [-0.1, -0.05) is 30.3 Å². The molecule has 2 rings (SSSR count). The maximum atomic E-state index is 12.3. The number of hydrogen-bond donors (Lipinski definition) is 0. The van der Waals surface area contributed by atoms with Crippen LogP contribution in [0, 0.1) is 10.1 Å². The van der Waals surface area contributed by atoms with E-state index >= 15 is 0 Å². The molecule has 0 N–H and O–H groups in total. The van der Waals surface area contributed by atoms with Crippen molar-refractivity contribution in [1.29, 1.82) is 0 Å². The van der Waals surface area contributed by atoms with Crippen molar-refractivity contribution in [3.8, 4) is 5.75 Å². The molecule has 0 fully saturated rings. The van der Waals surface area contributed by atoms with Crippen molar-refractivity contribution in [2.24, 2.45) is 0 Å². The topological polar surface area (TPSA) is 72.7 Å². The van der Waals surface area contributed by atoms with Gasteiger partial charge in [0.25, 0.3) is 5.69 Å². The van der Waals surface area contributed by atoms with E-state index in [4.69, 9.17) is 4.74 Å². The van der Waals surface area contributed by atoms with Crippen LogP contribution in [0.1, 0.15) is 24.9 Å². The fourth-order valence-electron chi connectivity index (χ4n) is 2.29. The molecule has 0 spiro atoms. The summed E-state index contributed by atoms with van der Waals surface area (Å²) in [5.41, 5.74) is 0.747. The van der Waals surface area contributed by atoms with Gasteiger partial charge in [0.1, 0.15) is 5.75 Å². The zero-order valence-electron chi connectivity index (χ0n) is 13.7. The van der Waals surface area contributed by atoms with Crippen molar-refractivity contribution in [2.75, 3.05) is 13.7 Å². The van der Waals surface area contributed by atoms with Crippen LogP contribution in [-0.4, -0.2) is 29.4 Å². The van der Waals surface area contributed by atoms with Gasteiger partial charge in [-0.25, -0.2) is 0 Å². The van der Waals surface area contributed by atoms with Crippen LogP contribution >= 0.6 is 0 Å². The first-order valence-corrected chi connectivity index (χ1v) is 7.67. The molecule has 0 radical (unpaired) electrons. The summed E-state index contributed by atoms with van der Waals surface area (Å²) in [6.07, 6.45) is 0.241. The van der Waals surface area contributed by atoms with E-state index in [1.165, 1.54) is 12.1 Å². The Morgan fingerprint density at radius 2 is 1.92 bits per heavy atom. The predicted octanol–water partition coefficient (Wildman–Crippen LogP) is 3.58. The Morgan fingerprint density at radius 1 is 1.21 bits per heavy atom. The number of benzene rings is 2. The molecular weight excluding hydrogens is 308 g/mol. The summed E-state index contributed by atoms with van der Waals surface area (Å²) in [7, 11) is 1.69. The Balaban J connectivity index is 1.92. The van der Waals surface area contributed by atoms with Crippen LogP contribution in [0.4, 0.5) is 5.69 Å². The SMILES string of the molecule is CC(c1cccc([N+](=O)[O-])c1)N(C)C(=O)CCOc1ccccc1. The van der Waals surface area contributed by atoms with Crippen molar-refractivity contribution in [1.82, 2.24) is 4.90 Å². The highest BCUT2D eigenvalue weighted by Crippen LogP contribution is 2.23. The molecule has 0 bridgehead atoms. The third-order valence-electron chi connectivity index (χ3n) is 3.87. The maximum Gasteiger partial charge on any atom is 0.269 e. The quantitative estimate of drug-likeness (QED) is 0.575. The van der Waals surface area contributed by atoms with Crippen LogP contribution in [0.25, 0.3) is 0 Å². The summed E-state index contributed by atoms with van der Waals surface area (Å²) in [5.74, 6) is 0.643. The zero-order valence-corrected chi connectivity index (χ0v) is 13.7. The zero-order chi connectivity index (χ0) is 17.5. The van der Waals surface area contributed by atoms with Crippen LogP contribution in [0.2, 0.25) is 0 Å². The summed E-state index contributed by atoms with van der Waals surface area (Å²) in [6.45, 7) is 2.13. The van der Waals surface area contributed by atoms with Crippen LogP contribution in [0.5, 0.6) is 5.75 Å². The first kappa shape index (κ1) is 17.5. The van der Waals surface area contributed by atoms with E-state index < -0.39 is 4.92 Å². The van der Waals surface area contributed by atoms with Gasteiger partial charge in [0.05, 0.1) is 24.0 Å². The molecule has 2 aromatic carbocycles. The molecule has 0 saturated carbocycles. The molecule has 1 amide bonds. The summed E-state index contributed by atoms with van der Waals surface area (Å²) >= 11 is 0. The van der Waals surface area contributed by atoms with Gasteiger partial charge in [0.2, 0.25) is 5.91 Å². The highest BCUT2D eigenvalue weighted by Gasteiger charge is 2.19. The van der Waals surface area contributed by atoms with Crippen LogP contribution < -0.4 is 4.74 Å². The number of nitrogens with zero attached hydrogens (tertiary/aromatic N) is 2. The second-order valence-electron chi connectivity index (χ2n) is 5.44. The van der Waals surface area contributed by atoms with Crippen molar-refractivity contribution in [3.63, 3.8) is 0 Å². The average molecular weight is 328 g/mol. The van der Waals surface area contributed by atoms with Gasteiger partial charge in [-0.2, -0.15) is 0 Å². The van der Waals surface area contributed by atoms with Crippen molar-refractivity contribution in [3.05, 3.63) is 70.3 Å². The normalized spacial score (nSPS) is 11.6. The van der Waals surface area contributed by atoms with Gasteiger partial charge >= 0.3 is 0 Å². The number of nitro groups is 1. The number of carbonyl (C=O) groups is 1. The Morgan fingerprint density at radius 3 is 2.58 bits per heavy atom. The maximum absolute atomic E-state index is 12.3. The Labute approximate surface area is 140 Å². The van der Waals surface area contributed by atoms with Gasteiger partial charge in [-0.05, 0) is 24.6 Å². The fraction of sp³-hybridized carbons (Fsp3) is 0.278. The second kappa shape index (κ2) is 8.10. The summed E-state index contributed by atoms with van der Waals surface area (Å²) in [6, 6.07) is 15.4. The van der Waals surface area contributed by atoms with Crippen LogP contribution in [0.3, 0.4) is 0 Å². The molecule has 0 aliphatic carbocycles. The predicted molar refractivity (Wildman–Crippen MR) is 90.8 cm³/mol. The molecule has 1 unspecified atom stereocenters. The number of ether oxygens (including phenoxy) is 1. The van der Waals surface area contributed by atoms with Gasteiger partial charge < -0.3 is 9.64 Å². The molecule has 0 heterocycles. The number of amides is 1. The van der Waals surface area contributed by atoms with Gasteiger partial charge in [-0.15, -0.1) is 0 Å². The Kier molecular flexibility index (Phi) is 5.89. The number of nitro benzene ring substituents is 1. The van der Waals surface area contributed by atoms with Crippen LogP contribution in [-0.2, 0) is 4.79 Å². The molecular formula is C18H20N2O4. The molecule has 0 saturated heterocycles. The minimum atomic E-state index is -0.439. The van der Waals surface area contributed by atoms with Crippen molar-refractivity contribution in [2.45, 2.75) is 19.4 Å². The third-order valence-corrected chi connectivity index (χ3v) is 3.87. The lowest BCUT2D eigenvalue weighted by atomic mass is 10.1. The molecule has 0 aliphatic heterocycles. The van der Waals surface area contributed by atoms with E-state index in [1.807, 2.05) is 37.3 Å². The molecule has 6 heteroatoms. The van der Waals surface area contributed by atoms with E-state index in [-0.39, 0.29) is 30.7 Å². The molecule has 1 atom stereocenters. The van der Waals surface area contributed by atoms with Gasteiger partial charge in [-0.3, -0.25) is 14.9 Å². The first-order chi connectivity index (χ1) is 11.5. The minimum Gasteiger partial charge on any atom is -0.493 e. The number of hydrogen-bond acceptors (Lipinski definition) is 4. The van der Waals surface area contributed by atoms with Gasteiger partial charge in [0, 0.05) is 19.2 Å². The lowest BCUT2D eigenvalue weighted by Gasteiger charge is -2.25. The van der Waals surface area contributed by atoms with Gasteiger partial charge in [0.15, 0.2) is 0 Å². The molecule has 2 aromatic rings. The number of non-ortho nitro benzene ring substituents is 1. The molecule has 6 nitrogen and oxygen atoms in total. The Hall–Kier alpha value is -2.89. The van der Waals surface area contributed by atoms with E-state index in [9.17, 15) is 14.9 Å². The smallest absolute Gasteiger partial charge is 0.269 e. The highest BCUT2D eigenvalue weighted by atomic mass is 16.6. The Bertz CT molecular complexity index is 703. The van der Waals surface area contributed by atoms with E-state index in [0.29, 0.717) is 0 Å². The first-order valence-electron chi connectivity index (χ1n) is 7.67. The van der Waals surface area contributed by atoms with Crippen molar-refractivity contribution < 1.29 is 14.5 Å². The number of carbonyl (C=O) groups excluding carboxylic acids is 1. The highest BCUT2D eigenvalue weighted by molar-refractivity contribution is 5.76. The van der Waals surface area contributed by atoms with E-state index in [2.05, 4.69) is 0 Å². The molecule has 126 valence electrons. The average Bonchev–Trinajstić information content (AvgIpc) is 2.61. The largest absolute Gasteiger partial charge is 0.493 e. The fourth-order valence-corrected chi connectivity index (χ4v) is 2.29. The monoisotopic (exact) mass is 328 g/mol. The van der Waals surface area contributed by atoms with E-state index in [0.717, 1.165) is 11.3 Å². The molecule has 0 aliphatic rings.